The maximum atomic E-state index is 13.1. The molecule has 1 fully saturated rings. The van der Waals surface area contributed by atoms with Crippen LogP contribution in [0.15, 0.2) is 0 Å². The van der Waals surface area contributed by atoms with E-state index in [-0.39, 0.29) is 18.9 Å². The molecule has 10 heteroatoms. The number of aliphatic hydroxyl groups excluding tert-OH is 6. The van der Waals surface area contributed by atoms with Gasteiger partial charge in [-0.3, -0.25) is 4.79 Å². The summed E-state index contributed by atoms with van der Waals surface area (Å²) in [5, 5.41) is 65.6. The number of unbranched alkanes of at least 4 members (excludes halogenated alkanes) is 46. The van der Waals surface area contributed by atoms with Gasteiger partial charge in [-0.1, -0.05) is 316 Å². The van der Waals surface area contributed by atoms with Crippen LogP contribution in [0, 0.1) is 0 Å². The highest BCUT2D eigenvalue weighted by molar-refractivity contribution is 5.76. The van der Waals surface area contributed by atoms with E-state index in [9.17, 15) is 35.4 Å². The average Bonchev–Trinajstić information content (AvgIpc) is 3.39. The van der Waals surface area contributed by atoms with Crippen molar-refractivity contribution < 1.29 is 44.9 Å². The highest BCUT2D eigenvalue weighted by Crippen LogP contribution is 2.24. The Bertz CT molecular complexity index is 1130. The lowest BCUT2D eigenvalue weighted by Gasteiger charge is -2.40. The molecule has 0 aliphatic carbocycles. The van der Waals surface area contributed by atoms with Gasteiger partial charge in [0, 0.05) is 6.42 Å². The molecule has 0 saturated carbocycles. The third-order valence-corrected chi connectivity index (χ3v) is 16.1. The summed E-state index contributed by atoms with van der Waals surface area (Å²) >= 11 is 0. The monoisotopic (exact) mass is 1040 g/mol. The van der Waals surface area contributed by atoms with E-state index in [1.807, 2.05) is 0 Å². The molecule has 1 rings (SSSR count). The number of carbonyl (C=O) groups is 1. The average molecular weight is 1040 g/mol. The second-order valence-electron chi connectivity index (χ2n) is 23.1. The molecule has 0 aromatic heterocycles. The van der Waals surface area contributed by atoms with Crippen molar-refractivity contribution >= 4 is 5.91 Å². The Morgan fingerprint density at radius 1 is 0.425 bits per heavy atom. The minimum Gasteiger partial charge on any atom is -0.394 e. The van der Waals surface area contributed by atoms with Crippen molar-refractivity contribution in [2.24, 2.45) is 0 Å². The SMILES string of the molecule is CCCCCCCCCCCCCCCCCCCCCCCCCCCCCCCCCCCCC(=O)N[C@@H](CO[C@@H]1O[C@H](CO)[C@@H](O)C(O)C1O)[C@H](O)[C@H](O)CCCCCCCCCCCCCCCC. The maximum Gasteiger partial charge on any atom is 0.220 e. The van der Waals surface area contributed by atoms with Gasteiger partial charge in [-0.15, -0.1) is 0 Å². The molecule has 7 N–H and O–H groups in total. The molecular formula is C63H125NO9. The maximum absolute atomic E-state index is 13.1. The zero-order valence-corrected chi connectivity index (χ0v) is 48.3. The van der Waals surface area contributed by atoms with Crippen LogP contribution in [0.3, 0.4) is 0 Å². The zero-order chi connectivity index (χ0) is 53.1. The Hall–Kier alpha value is -0.850. The van der Waals surface area contributed by atoms with Crippen molar-refractivity contribution in [2.45, 2.75) is 384 Å². The number of hydrogen-bond donors (Lipinski definition) is 7. The van der Waals surface area contributed by atoms with Gasteiger partial charge in [-0.2, -0.15) is 0 Å². The fraction of sp³-hybridized carbons (Fsp3) is 0.984. The molecule has 2 unspecified atom stereocenters. The number of nitrogens with one attached hydrogen (secondary N) is 1. The molecule has 1 aliphatic rings. The van der Waals surface area contributed by atoms with Gasteiger partial charge in [0.25, 0.3) is 0 Å². The minimum absolute atomic E-state index is 0.249. The van der Waals surface area contributed by atoms with Crippen LogP contribution < -0.4 is 5.32 Å². The quantitative estimate of drug-likeness (QED) is 0.0293. The van der Waals surface area contributed by atoms with E-state index in [0.29, 0.717) is 6.42 Å². The summed E-state index contributed by atoms with van der Waals surface area (Å²) in [6.07, 6.45) is 54.5. The van der Waals surface area contributed by atoms with Gasteiger partial charge in [-0.25, -0.2) is 0 Å². The van der Waals surface area contributed by atoms with Gasteiger partial charge in [0.15, 0.2) is 6.29 Å². The molecular weight excluding hydrogens is 915 g/mol. The van der Waals surface area contributed by atoms with Crippen molar-refractivity contribution in [3.8, 4) is 0 Å². The number of ether oxygens (including phenoxy) is 2. The van der Waals surface area contributed by atoms with E-state index in [1.54, 1.807) is 0 Å². The van der Waals surface area contributed by atoms with E-state index in [1.165, 1.54) is 270 Å². The van der Waals surface area contributed by atoms with Crippen LogP contribution in [0.4, 0.5) is 0 Å². The molecule has 0 aromatic carbocycles. The highest BCUT2D eigenvalue weighted by Gasteiger charge is 2.44. The summed E-state index contributed by atoms with van der Waals surface area (Å²) in [4.78, 5) is 13.1. The topological polar surface area (TPSA) is 169 Å². The normalized spacial score (nSPS) is 19.4. The number of carbonyl (C=O) groups excluding carboxylic acids is 1. The smallest absolute Gasteiger partial charge is 0.220 e. The fourth-order valence-corrected chi connectivity index (χ4v) is 10.9. The van der Waals surface area contributed by atoms with Gasteiger partial charge >= 0.3 is 0 Å². The molecule has 0 radical (unpaired) electrons. The molecule has 8 atom stereocenters. The van der Waals surface area contributed by atoms with Crippen molar-refractivity contribution in [3.05, 3.63) is 0 Å². The van der Waals surface area contributed by atoms with Crippen LogP contribution >= 0.6 is 0 Å². The van der Waals surface area contributed by atoms with Crippen LogP contribution in [-0.4, -0.2) is 98.7 Å². The van der Waals surface area contributed by atoms with E-state index in [2.05, 4.69) is 19.2 Å². The van der Waals surface area contributed by atoms with Crippen LogP contribution in [0.2, 0.25) is 0 Å². The summed E-state index contributed by atoms with van der Waals surface area (Å²) in [7, 11) is 0. The molecule has 10 nitrogen and oxygen atoms in total. The van der Waals surface area contributed by atoms with Gasteiger partial charge < -0.3 is 45.4 Å². The molecule has 1 aliphatic heterocycles. The third kappa shape index (κ3) is 41.9. The molecule has 0 aromatic rings. The van der Waals surface area contributed by atoms with Crippen LogP contribution in [0.1, 0.15) is 335 Å². The zero-order valence-electron chi connectivity index (χ0n) is 48.3. The summed E-state index contributed by atoms with van der Waals surface area (Å²) in [5.74, 6) is -0.249. The van der Waals surface area contributed by atoms with Crippen LogP contribution in [0.5, 0.6) is 0 Å². The molecule has 73 heavy (non-hydrogen) atoms. The Labute approximate surface area is 451 Å². The van der Waals surface area contributed by atoms with Crippen molar-refractivity contribution in [2.75, 3.05) is 13.2 Å². The molecule has 1 heterocycles. The minimum atomic E-state index is -1.60. The number of amides is 1. The summed E-state index contributed by atoms with van der Waals surface area (Å²) < 4.78 is 11.2. The van der Waals surface area contributed by atoms with Crippen molar-refractivity contribution in [1.29, 1.82) is 0 Å². The van der Waals surface area contributed by atoms with Crippen LogP contribution in [-0.2, 0) is 14.3 Å². The second-order valence-corrected chi connectivity index (χ2v) is 23.1. The van der Waals surface area contributed by atoms with Gasteiger partial charge in [0.2, 0.25) is 5.91 Å². The first-order valence-electron chi connectivity index (χ1n) is 32.3. The Kier molecular flexibility index (Phi) is 51.1. The van der Waals surface area contributed by atoms with E-state index >= 15 is 0 Å². The first kappa shape index (κ1) is 70.2. The Morgan fingerprint density at radius 2 is 0.712 bits per heavy atom. The van der Waals surface area contributed by atoms with Crippen LogP contribution in [0.25, 0.3) is 0 Å². The largest absolute Gasteiger partial charge is 0.394 e. The fourth-order valence-electron chi connectivity index (χ4n) is 10.9. The van der Waals surface area contributed by atoms with Gasteiger partial charge in [-0.05, 0) is 12.8 Å². The Balaban J connectivity index is 2.09. The van der Waals surface area contributed by atoms with E-state index in [0.717, 1.165) is 38.5 Å². The van der Waals surface area contributed by atoms with Crippen molar-refractivity contribution in [1.82, 2.24) is 5.32 Å². The Morgan fingerprint density at radius 3 is 1.01 bits per heavy atom. The number of aliphatic hydroxyl groups is 6. The summed E-state index contributed by atoms with van der Waals surface area (Å²) in [6, 6.07) is -0.986. The molecule has 1 amide bonds. The second kappa shape index (κ2) is 53.2. The predicted molar refractivity (Wildman–Crippen MR) is 306 cm³/mol. The first-order chi connectivity index (χ1) is 35.8. The number of rotatable bonds is 57. The first-order valence-corrected chi connectivity index (χ1v) is 32.3. The summed E-state index contributed by atoms with van der Waals surface area (Å²) in [6.45, 7) is 3.66. The molecule has 0 bridgehead atoms. The van der Waals surface area contributed by atoms with Gasteiger partial charge in [0.05, 0.1) is 25.4 Å². The van der Waals surface area contributed by atoms with E-state index in [4.69, 9.17) is 9.47 Å². The van der Waals surface area contributed by atoms with E-state index < -0.39 is 55.6 Å². The van der Waals surface area contributed by atoms with Gasteiger partial charge in [0.1, 0.15) is 30.5 Å². The number of hydrogen-bond acceptors (Lipinski definition) is 9. The third-order valence-electron chi connectivity index (χ3n) is 16.1. The lowest BCUT2D eigenvalue weighted by Crippen LogP contribution is -2.60. The molecule has 436 valence electrons. The molecule has 1 saturated heterocycles. The van der Waals surface area contributed by atoms with Crippen molar-refractivity contribution in [3.63, 3.8) is 0 Å². The highest BCUT2D eigenvalue weighted by atomic mass is 16.7. The predicted octanol–water partition coefficient (Wildman–Crippen LogP) is 15.6. The summed E-state index contributed by atoms with van der Waals surface area (Å²) in [5.41, 5.74) is 0. The lowest BCUT2D eigenvalue weighted by atomic mass is 9.98. The molecule has 0 spiro atoms. The lowest BCUT2D eigenvalue weighted by molar-refractivity contribution is -0.303. The standard InChI is InChI=1S/C63H125NO9/c1-3-5-7-9-11-13-15-17-19-20-21-22-23-24-25-26-27-28-29-30-31-32-33-34-35-36-37-38-40-42-44-46-48-50-52-58(67)64-55(54-72-63-62(71)61(70)60(69)57(53-65)73-63)59(68)56(66)51-49-47-45-43-41-39-18-16-14-12-10-8-6-4-2/h55-57,59-63,65-66,68-71H,3-54H2,1-2H3,(H,64,67)/t55-,56+,57+,59-,60+,61?,62?,63+/m0/s1.